The van der Waals surface area contributed by atoms with Crippen LogP contribution < -0.4 is 10.1 Å². The lowest BCUT2D eigenvalue weighted by Gasteiger charge is -2.32. The molecule has 6 nitrogen and oxygen atoms in total. The molecule has 1 aliphatic rings. The van der Waals surface area contributed by atoms with Gasteiger partial charge < -0.3 is 19.7 Å². The van der Waals surface area contributed by atoms with Gasteiger partial charge >= 0.3 is 6.03 Å². The average molecular weight is 412 g/mol. The molecular weight excluding hydrogens is 378 g/mol. The maximum absolute atomic E-state index is 13.0. The van der Waals surface area contributed by atoms with Crippen LogP contribution in [0.1, 0.15) is 26.3 Å². The molecule has 6 heteroatoms. The Balaban J connectivity index is 1.67. The van der Waals surface area contributed by atoms with Crippen LogP contribution in [0.2, 0.25) is 0 Å². The van der Waals surface area contributed by atoms with Crippen LogP contribution in [0.4, 0.5) is 4.79 Å². The number of hydrogen-bond donors (Lipinski definition) is 1. The van der Waals surface area contributed by atoms with E-state index >= 15 is 0 Å². The Morgan fingerprint density at radius 3 is 2.47 bits per heavy atom. The summed E-state index contributed by atoms with van der Waals surface area (Å²) in [6, 6.07) is 17.6. The summed E-state index contributed by atoms with van der Waals surface area (Å²) in [4.78, 5) is 17.2. The van der Waals surface area contributed by atoms with Crippen molar-refractivity contribution in [3.05, 3.63) is 60.2 Å². The van der Waals surface area contributed by atoms with E-state index in [4.69, 9.17) is 9.47 Å². The van der Waals surface area contributed by atoms with Crippen LogP contribution >= 0.6 is 0 Å². The minimum atomic E-state index is -0.285. The predicted molar refractivity (Wildman–Crippen MR) is 119 cm³/mol. The minimum absolute atomic E-state index is 0.0508. The van der Waals surface area contributed by atoms with Gasteiger partial charge in [0.15, 0.2) is 0 Å². The maximum atomic E-state index is 13.0. The van der Waals surface area contributed by atoms with Crippen molar-refractivity contribution in [1.82, 2.24) is 15.1 Å². The lowest BCUT2D eigenvalue weighted by molar-refractivity contribution is 0.0345. The average Bonchev–Trinajstić information content (AvgIpc) is 2.71. The molecule has 1 N–H and O–H groups in total. The summed E-state index contributed by atoms with van der Waals surface area (Å²) in [5.74, 6) is 1.56. The molecule has 1 saturated heterocycles. The summed E-state index contributed by atoms with van der Waals surface area (Å²) < 4.78 is 11.4. The number of nitrogens with one attached hydrogen (secondary N) is 1. The number of nitrogens with zero attached hydrogens (tertiary/aromatic N) is 2. The van der Waals surface area contributed by atoms with E-state index in [0.29, 0.717) is 13.1 Å². The zero-order valence-electron chi connectivity index (χ0n) is 18.3. The summed E-state index contributed by atoms with van der Waals surface area (Å²) in [6.45, 7) is 11.4. The molecule has 0 aliphatic carbocycles. The van der Waals surface area contributed by atoms with Gasteiger partial charge in [0.25, 0.3) is 0 Å². The fraction of sp³-hybridized carbons (Fsp3) is 0.458. The van der Waals surface area contributed by atoms with Crippen molar-refractivity contribution in [3.63, 3.8) is 0 Å². The first-order valence-corrected chi connectivity index (χ1v) is 10.6. The number of benzene rings is 2. The number of urea groups is 1. The molecule has 0 spiro atoms. The Morgan fingerprint density at radius 2 is 1.77 bits per heavy atom. The smallest absolute Gasteiger partial charge is 0.318 e. The third-order valence-electron chi connectivity index (χ3n) is 4.81. The number of para-hydroxylation sites is 1. The summed E-state index contributed by atoms with van der Waals surface area (Å²) in [5.41, 5.74) is 0.751. The van der Waals surface area contributed by atoms with Gasteiger partial charge in [-0.2, -0.15) is 0 Å². The highest BCUT2D eigenvalue weighted by Gasteiger charge is 2.21. The first-order chi connectivity index (χ1) is 14.4. The summed E-state index contributed by atoms with van der Waals surface area (Å²) >= 11 is 0. The zero-order valence-corrected chi connectivity index (χ0v) is 18.3. The van der Waals surface area contributed by atoms with Crippen molar-refractivity contribution in [1.29, 1.82) is 0 Å². The Morgan fingerprint density at radius 1 is 1.07 bits per heavy atom. The first-order valence-electron chi connectivity index (χ1n) is 10.6. The summed E-state index contributed by atoms with van der Waals surface area (Å²) in [5, 5.41) is 3.09. The normalized spacial score (nSPS) is 14.9. The number of ether oxygens (including phenoxy) is 2. The molecule has 2 aromatic carbocycles. The summed E-state index contributed by atoms with van der Waals surface area (Å²) in [6.07, 6.45) is 0. The molecule has 1 fully saturated rings. The minimum Gasteiger partial charge on any atom is -0.457 e. The van der Waals surface area contributed by atoms with Crippen LogP contribution in [-0.4, -0.2) is 60.8 Å². The van der Waals surface area contributed by atoms with Crippen LogP contribution in [-0.2, 0) is 11.3 Å². The van der Waals surface area contributed by atoms with Gasteiger partial charge in [0.1, 0.15) is 11.5 Å². The molecule has 2 amide bonds. The van der Waals surface area contributed by atoms with E-state index in [9.17, 15) is 4.79 Å². The van der Waals surface area contributed by atoms with Gasteiger partial charge in [-0.15, -0.1) is 0 Å². The van der Waals surface area contributed by atoms with Gasteiger partial charge in [-0.05, 0) is 50.6 Å². The molecule has 30 heavy (non-hydrogen) atoms. The lowest BCUT2D eigenvalue weighted by atomic mass is 10.1. The highest BCUT2D eigenvalue weighted by Crippen LogP contribution is 2.22. The Bertz CT molecular complexity index is 799. The van der Waals surface area contributed by atoms with Gasteiger partial charge in [0, 0.05) is 38.3 Å². The molecular formula is C24H33N3O3. The first kappa shape index (κ1) is 22.1. The molecule has 2 aromatic rings. The Kier molecular flexibility index (Phi) is 7.71. The third-order valence-corrected chi connectivity index (χ3v) is 4.81. The van der Waals surface area contributed by atoms with E-state index in [1.807, 2.05) is 80.3 Å². The van der Waals surface area contributed by atoms with Gasteiger partial charge in [-0.3, -0.25) is 4.90 Å². The molecule has 0 radical (unpaired) electrons. The van der Waals surface area contributed by atoms with Gasteiger partial charge in [-0.25, -0.2) is 4.79 Å². The highest BCUT2D eigenvalue weighted by molar-refractivity contribution is 5.75. The fourth-order valence-corrected chi connectivity index (χ4v) is 3.29. The van der Waals surface area contributed by atoms with Crippen LogP contribution in [0.25, 0.3) is 0 Å². The number of carbonyl (C=O) groups is 1. The second-order valence-electron chi connectivity index (χ2n) is 8.62. The molecule has 1 aliphatic heterocycles. The molecule has 0 atom stereocenters. The number of amides is 2. The van der Waals surface area contributed by atoms with Crippen molar-refractivity contribution in [3.8, 4) is 11.5 Å². The van der Waals surface area contributed by atoms with E-state index in [1.54, 1.807) is 0 Å². The number of hydrogen-bond acceptors (Lipinski definition) is 4. The molecule has 3 rings (SSSR count). The third kappa shape index (κ3) is 7.35. The van der Waals surface area contributed by atoms with Crippen molar-refractivity contribution < 1.29 is 14.3 Å². The molecule has 0 bridgehead atoms. The van der Waals surface area contributed by atoms with E-state index in [2.05, 4.69) is 10.2 Å². The number of morpholine rings is 1. The van der Waals surface area contributed by atoms with Crippen LogP contribution in [0.5, 0.6) is 11.5 Å². The molecule has 162 valence electrons. The van der Waals surface area contributed by atoms with E-state index < -0.39 is 0 Å². The van der Waals surface area contributed by atoms with Crippen molar-refractivity contribution in [2.45, 2.75) is 32.9 Å². The van der Waals surface area contributed by atoms with E-state index in [1.165, 1.54) is 0 Å². The van der Waals surface area contributed by atoms with E-state index in [0.717, 1.165) is 49.9 Å². The maximum Gasteiger partial charge on any atom is 0.318 e. The monoisotopic (exact) mass is 411 g/mol. The highest BCUT2D eigenvalue weighted by atomic mass is 16.5. The zero-order chi connectivity index (χ0) is 21.4. The van der Waals surface area contributed by atoms with E-state index in [-0.39, 0.29) is 11.6 Å². The van der Waals surface area contributed by atoms with Crippen LogP contribution in [0.15, 0.2) is 54.6 Å². The Labute approximate surface area is 179 Å². The van der Waals surface area contributed by atoms with Gasteiger partial charge in [-0.1, -0.05) is 30.3 Å². The van der Waals surface area contributed by atoms with Crippen molar-refractivity contribution in [2.24, 2.45) is 0 Å². The second kappa shape index (κ2) is 10.5. The van der Waals surface area contributed by atoms with Gasteiger partial charge in [0.2, 0.25) is 0 Å². The second-order valence-corrected chi connectivity index (χ2v) is 8.62. The predicted octanol–water partition coefficient (Wildman–Crippen LogP) is 4.12. The standard InChI is InChI=1S/C24H33N3O3/c1-24(2,3)25-23(28)27(13-12-26-14-16-29-17-15-26)19-20-8-7-11-22(18-20)30-21-9-5-4-6-10-21/h4-11,18H,12-17,19H2,1-3H3,(H,25,28). The number of rotatable bonds is 7. The quantitative estimate of drug-likeness (QED) is 0.745. The van der Waals surface area contributed by atoms with Crippen molar-refractivity contribution >= 4 is 6.03 Å². The summed E-state index contributed by atoms with van der Waals surface area (Å²) in [7, 11) is 0. The molecule has 0 unspecified atom stereocenters. The molecule has 0 saturated carbocycles. The number of carbonyl (C=O) groups excluding carboxylic acids is 1. The molecule has 1 heterocycles. The molecule has 0 aromatic heterocycles. The van der Waals surface area contributed by atoms with Crippen LogP contribution in [0, 0.1) is 0 Å². The Hall–Kier alpha value is -2.57. The lowest BCUT2D eigenvalue weighted by Crippen LogP contribution is -2.50. The van der Waals surface area contributed by atoms with Crippen molar-refractivity contribution in [2.75, 3.05) is 39.4 Å². The fourth-order valence-electron chi connectivity index (χ4n) is 3.29. The topological polar surface area (TPSA) is 54.0 Å². The largest absolute Gasteiger partial charge is 0.457 e. The van der Waals surface area contributed by atoms with Gasteiger partial charge in [0.05, 0.1) is 13.2 Å². The van der Waals surface area contributed by atoms with Crippen LogP contribution in [0.3, 0.4) is 0 Å². The SMILES string of the molecule is CC(C)(C)NC(=O)N(CCN1CCOCC1)Cc1cccc(Oc2ccccc2)c1.